The summed E-state index contributed by atoms with van der Waals surface area (Å²) in [6.45, 7) is 2.37. The summed E-state index contributed by atoms with van der Waals surface area (Å²) in [7, 11) is 0. The molecule has 27 heavy (non-hydrogen) atoms. The Morgan fingerprint density at radius 2 is 2.04 bits per heavy atom. The van der Waals surface area contributed by atoms with E-state index in [2.05, 4.69) is 18.2 Å². The molecule has 0 aromatic rings. The van der Waals surface area contributed by atoms with Crippen molar-refractivity contribution in [3.05, 3.63) is 11.6 Å². The minimum Gasteiger partial charge on any atom is -0.458 e. The van der Waals surface area contributed by atoms with E-state index in [-0.39, 0.29) is 17.0 Å². The van der Waals surface area contributed by atoms with Crippen LogP contribution in [0.25, 0.3) is 0 Å². The molecule has 6 rings (SSSR count). The number of oxime groups is 1. The number of hydrogen-bond acceptors (Lipinski definition) is 4. The van der Waals surface area contributed by atoms with Gasteiger partial charge in [0.15, 0.2) is 0 Å². The van der Waals surface area contributed by atoms with Crippen molar-refractivity contribution >= 4 is 11.7 Å². The molecule has 6 aliphatic rings. The fourth-order valence-electron chi connectivity index (χ4n) is 9.07. The van der Waals surface area contributed by atoms with Gasteiger partial charge in [-0.2, -0.15) is 0 Å². The summed E-state index contributed by atoms with van der Waals surface area (Å²) >= 11 is 0. The molecule has 4 heteroatoms. The minimum atomic E-state index is -0.113. The van der Waals surface area contributed by atoms with Crippen molar-refractivity contribution in [1.82, 2.24) is 0 Å². The van der Waals surface area contributed by atoms with E-state index in [4.69, 9.17) is 4.74 Å². The molecule has 0 aromatic heterocycles. The third-order valence-electron chi connectivity index (χ3n) is 9.89. The summed E-state index contributed by atoms with van der Waals surface area (Å²) in [5.41, 5.74) is 2.56. The van der Waals surface area contributed by atoms with Crippen LogP contribution in [0.4, 0.5) is 0 Å². The van der Waals surface area contributed by atoms with Gasteiger partial charge < -0.3 is 9.94 Å². The Kier molecular flexibility index (Phi) is 3.32. The maximum absolute atomic E-state index is 12.2. The maximum atomic E-state index is 12.2. The molecule has 0 radical (unpaired) electrons. The van der Waals surface area contributed by atoms with Crippen LogP contribution in [0.3, 0.4) is 0 Å². The first-order valence-electron chi connectivity index (χ1n) is 11.3. The maximum Gasteiger partial charge on any atom is 0.306 e. The first-order valence-corrected chi connectivity index (χ1v) is 11.3. The molecule has 8 atom stereocenters. The van der Waals surface area contributed by atoms with Crippen molar-refractivity contribution in [2.24, 2.45) is 46.1 Å². The third-order valence-corrected chi connectivity index (χ3v) is 9.89. The molecule has 1 aliphatic heterocycles. The first-order chi connectivity index (χ1) is 13.1. The second-order valence-corrected chi connectivity index (χ2v) is 10.3. The van der Waals surface area contributed by atoms with E-state index in [0.717, 1.165) is 48.6 Å². The van der Waals surface area contributed by atoms with E-state index >= 15 is 0 Å². The molecule has 5 aliphatic carbocycles. The summed E-state index contributed by atoms with van der Waals surface area (Å²) in [6.07, 6.45) is 13.4. The number of fused-ring (bicyclic) bond motifs is 9. The van der Waals surface area contributed by atoms with Crippen LogP contribution in [0.15, 0.2) is 16.8 Å². The highest BCUT2D eigenvalue weighted by Crippen LogP contribution is 2.79. The van der Waals surface area contributed by atoms with Crippen molar-refractivity contribution < 1.29 is 14.7 Å². The van der Waals surface area contributed by atoms with Gasteiger partial charge in [-0.05, 0) is 93.5 Å². The van der Waals surface area contributed by atoms with E-state index in [0.29, 0.717) is 18.3 Å². The molecule has 1 heterocycles. The molecule has 4 saturated carbocycles. The number of hydrogen-bond donors (Lipinski definition) is 1. The molecule has 0 amide bonds. The molecule has 0 aromatic carbocycles. The lowest BCUT2D eigenvalue weighted by Gasteiger charge is -2.58. The van der Waals surface area contributed by atoms with Crippen LogP contribution in [-0.2, 0) is 9.53 Å². The smallest absolute Gasteiger partial charge is 0.306 e. The van der Waals surface area contributed by atoms with Gasteiger partial charge in [0.1, 0.15) is 5.60 Å². The van der Waals surface area contributed by atoms with Gasteiger partial charge in [-0.3, -0.25) is 4.79 Å². The number of nitrogens with zero attached hydrogens (tertiary/aromatic N) is 1. The van der Waals surface area contributed by atoms with Crippen LogP contribution < -0.4 is 0 Å². The quantitative estimate of drug-likeness (QED) is 0.414. The lowest BCUT2D eigenvalue weighted by atomic mass is 9.47. The number of esters is 1. The number of rotatable bonds is 1. The second kappa shape index (κ2) is 5.39. The molecule has 1 N–H and O–H groups in total. The van der Waals surface area contributed by atoms with Gasteiger partial charge in [0.05, 0.1) is 5.71 Å². The summed E-state index contributed by atoms with van der Waals surface area (Å²) < 4.78 is 6.25. The van der Waals surface area contributed by atoms with Gasteiger partial charge in [0.2, 0.25) is 0 Å². The number of ether oxygens (including phenoxy) is 1. The SMILES string of the molecule is CC[C@]12CCC3C(CCC4=C/C(=N/O)CC[C@@H]43)C1C1CC1[C@@]21CCC(=O)O1. The van der Waals surface area contributed by atoms with Gasteiger partial charge in [-0.1, -0.05) is 17.7 Å². The average Bonchev–Trinajstić information content (AvgIpc) is 3.34. The average molecular weight is 370 g/mol. The highest BCUT2D eigenvalue weighted by molar-refractivity contribution is 5.96. The Morgan fingerprint density at radius 1 is 1.15 bits per heavy atom. The fourth-order valence-corrected chi connectivity index (χ4v) is 9.07. The van der Waals surface area contributed by atoms with E-state index in [1.807, 2.05) is 0 Å². The molecular weight excluding hydrogens is 338 g/mol. The van der Waals surface area contributed by atoms with Crippen LogP contribution >= 0.6 is 0 Å². The lowest BCUT2D eigenvalue weighted by Crippen LogP contribution is -2.56. The summed E-state index contributed by atoms with van der Waals surface area (Å²) in [4.78, 5) is 12.2. The standard InChI is InChI=1S/C23H31NO3/c1-2-22-9-7-16-15-6-4-14(24-26)11-13(15)3-5-17(16)21(22)18-12-19(18)23(22)10-8-20(25)27-23/h11,15-19,21,26H,2-10,12H2,1H3/b24-14+/t15-,16?,17?,18?,19?,21?,22-,23-/m0/s1. The topological polar surface area (TPSA) is 58.9 Å². The predicted molar refractivity (Wildman–Crippen MR) is 101 cm³/mol. The number of carbonyl (C=O) groups excluding carboxylic acids is 1. The zero-order valence-electron chi connectivity index (χ0n) is 16.3. The highest BCUT2D eigenvalue weighted by Gasteiger charge is 2.79. The Bertz CT molecular complexity index is 757. The second-order valence-electron chi connectivity index (χ2n) is 10.3. The predicted octanol–water partition coefficient (Wildman–Crippen LogP) is 4.71. The molecule has 5 unspecified atom stereocenters. The van der Waals surface area contributed by atoms with Gasteiger partial charge in [0.25, 0.3) is 0 Å². The molecule has 5 fully saturated rings. The van der Waals surface area contributed by atoms with Crippen LogP contribution in [0.1, 0.15) is 71.1 Å². The minimum absolute atomic E-state index is 0.0632. The highest BCUT2D eigenvalue weighted by atomic mass is 16.6. The van der Waals surface area contributed by atoms with Gasteiger partial charge in [0, 0.05) is 17.8 Å². The number of allylic oxidation sites excluding steroid dienone is 2. The first kappa shape index (κ1) is 16.6. The van der Waals surface area contributed by atoms with Crippen LogP contribution in [0.2, 0.25) is 0 Å². The van der Waals surface area contributed by atoms with E-state index in [9.17, 15) is 10.0 Å². The van der Waals surface area contributed by atoms with Crippen molar-refractivity contribution in [1.29, 1.82) is 0 Å². The van der Waals surface area contributed by atoms with Gasteiger partial charge in [-0.15, -0.1) is 0 Å². The molecule has 146 valence electrons. The molecule has 0 bridgehead atoms. The fraction of sp³-hybridized carbons (Fsp3) is 0.826. The molecular formula is C23H31NO3. The Balaban J connectivity index is 1.37. The van der Waals surface area contributed by atoms with Crippen molar-refractivity contribution in [2.45, 2.75) is 76.7 Å². The van der Waals surface area contributed by atoms with E-state index in [1.54, 1.807) is 5.57 Å². The van der Waals surface area contributed by atoms with E-state index < -0.39 is 0 Å². The molecule has 1 spiro atoms. The Hall–Kier alpha value is -1.32. The van der Waals surface area contributed by atoms with Crippen molar-refractivity contribution in [3.8, 4) is 0 Å². The molecule has 1 saturated heterocycles. The van der Waals surface area contributed by atoms with Crippen LogP contribution in [0.5, 0.6) is 0 Å². The van der Waals surface area contributed by atoms with Crippen molar-refractivity contribution in [3.63, 3.8) is 0 Å². The summed E-state index contributed by atoms with van der Waals surface area (Å²) in [5.74, 6) is 4.60. The monoisotopic (exact) mass is 369 g/mol. The normalized spacial score (nSPS) is 54.0. The number of carbonyl (C=O) groups is 1. The van der Waals surface area contributed by atoms with Gasteiger partial charge in [-0.25, -0.2) is 0 Å². The largest absolute Gasteiger partial charge is 0.458 e. The molecule has 4 nitrogen and oxygen atoms in total. The summed E-state index contributed by atoms with van der Waals surface area (Å²) in [5, 5.41) is 12.7. The van der Waals surface area contributed by atoms with Crippen LogP contribution in [-0.4, -0.2) is 22.5 Å². The third kappa shape index (κ3) is 1.90. The zero-order valence-corrected chi connectivity index (χ0v) is 16.3. The Morgan fingerprint density at radius 3 is 2.78 bits per heavy atom. The van der Waals surface area contributed by atoms with Crippen LogP contribution in [0, 0.1) is 40.9 Å². The zero-order chi connectivity index (χ0) is 18.4. The Labute approximate surface area is 161 Å². The van der Waals surface area contributed by atoms with Gasteiger partial charge >= 0.3 is 5.97 Å². The lowest BCUT2D eigenvalue weighted by molar-refractivity contribution is -0.179. The summed E-state index contributed by atoms with van der Waals surface area (Å²) in [6, 6.07) is 0. The van der Waals surface area contributed by atoms with Crippen molar-refractivity contribution in [2.75, 3.05) is 0 Å². The van der Waals surface area contributed by atoms with E-state index in [1.165, 1.54) is 38.5 Å².